The van der Waals surface area contributed by atoms with E-state index in [0.717, 1.165) is 0 Å². The summed E-state index contributed by atoms with van der Waals surface area (Å²) in [5.41, 5.74) is 0.590. The first kappa shape index (κ1) is 14.9. The molecule has 0 aliphatic carbocycles. The maximum Gasteiger partial charge on any atom is 0.254 e. The normalized spacial score (nSPS) is 11.0. The minimum atomic E-state index is -0.346. The molecule has 0 unspecified atom stereocenters. The van der Waals surface area contributed by atoms with Gasteiger partial charge >= 0.3 is 0 Å². The molecule has 0 bridgehead atoms. The minimum Gasteiger partial charge on any atom is -0.347 e. The van der Waals surface area contributed by atoms with Crippen molar-refractivity contribution in [2.45, 2.75) is 26.3 Å². The second-order valence-electron chi connectivity index (χ2n) is 5.63. The standard InChI is InChI=1S/C15H17FN4O/c1-15(2,3)20-13(21)10-8-17-14(18-9-10)19-12-6-4-5-11(16)7-12/h4-9H,1-3H3,(H,20,21)(H,17,18,19). The van der Waals surface area contributed by atoms with E-state index in [1.807, 2.05) is 20.8 Å². The quantitative estimate of drug-likeness (QED) is 0.911. The van der Waals surface area contributed by atoms with Crippen molar-refractivity contribution < 1.29 is 9.18 Å². The van der Waals surface area contributed by atoms with Crippen molar-refractivity contribution in [2.24, 2.45) is 0 Å². The number of aromatic nitrogens is 2. The Morgan fingerprint density at radius 3 is 2.43 bits per heavy atom. The Kier molecular flexibility index (Phi) is 4.16. The van der Waals surface area contributed by atoms with Crippen molar-refractivity contribution in [3.8, 4) is 0 Å². The van der Waals surface area contributed by atoms with Crippen LogP contribution in [0.1, 0.15) is 31.1 Å². The number of rotatable bonds is 3. The summed E-state index contributed by atoms with van der Waals surface area (Å²) in [5, 5.41) is 5.69. The van der Waals surface area contributed by atoms with E-state index in [0.29, 0.717) is 17.2 Å². The first-order chi connectivity index (χ1) is 9.83. The summed E-state index contributed by atoms with van der Waals surface area (Å²) < 4.78 is 13.1. The summed E-state index contributed by atoms with van der Waals surface area (Å²) in [6, 6.07) is 5.98. The van der Waals surface area contributed by atoms with Gasteiger partial charge in [-0.25, -0.2) is 14.4 Å². The van der Waals surface area contributed by atoms with Crippen LogP contribution in [0.5, 0.6) is 0 Å². The van der Waals surface area contributed by atoms with Crippen molar-refractivity contribution in [1.29, 1.82) is 0 Å². The van der Waals surface area contributed by atoms with Crippen LogP contribution >= 0.6 is 0 Å². The Morgan fingerprint density at radius 2 is 1.86 bits per heavy atom. The number of hydrogen-bond donors (Lipinski definition) is 2. The lowest BCUT2D eigenvalue weighted by Gasteiger charge is -2.20. The monoisotopic (exact) mass is 288 g/mol. The second kappa shape index (κ2) is 5.87. The molecule has 0 aliphatic rings. The topological polar surface area (TPSA) is 66.9 Å². The lowest BCUT2D eigenvalue weighted by molar-refractivity contribution is 0.0919. The van der Waals surface area contributed by atoms with E-state index in [4.69, 9.17) is 0 Å². The molecule has 0 saturated heterocycles. The lowest BCUT2D eigenvalue weighted by Crippen LogP contribution is -2.40. The van der Waals surface area contributed by atoms with E-state index in [2.05, 4.69) is 20.6 Å². The van der Waals surface area contributed by atoms with Gasteiger partial charge in [0.15, 0.2) is 0 Å². The Morgan fingerprint density at radius 1 is 1.19 bits per heavy atom. The highest BCUT2D eigenvalue weighted by Gasteiger charge is 2.15. The fourth-order valence-electron chi connectivity index (χ4n) is 1.62. The predicted octanol–water partition coefficient (Wildman–Crippen LogP) is 2.89. The molecule has 2 N–H and O–H groups in total. The van der Waals surface area contributed by atoms with Gasteiger partial charge in [0.2, 0.25) is 5.95 Å². The van der Waals surface area contributed by atoms with Crippen LogP contribution in [0.3, 0.4) is 0 Å². The molecule has 0 fully saturated rings. The molecule has 0 radical (unpaired) electrons. The third kappa shape index (κ3) is 4.52. The van der Waals surface area contributed by atoms with Gasteiger partial charge in [-0.15, -0.1) is 0 Å². The van der Waals surface area contributed by atoms with Crippen LogP contribution < -0.4 is 10.6 Å². The zero-order valence-corrected chi connectivity index (χ0v) is 12.1. The van der Waals surface area contributed by atoms with Gasteiger partial charge in [-0.1, -0.05) is 6.07 Å². The lowest BCUT2D eigenvalue weighted by atomic mass is 10.1. The predicted molar refractivity (Wildman–Crippen MR) is 78.9 cm³/mol. The van der Waals surface area contributed by atoms with E-state index in [9.17, 15) is 9.18 Å². The number of nitrogens with zero attached hydrogens (tertiary/aromatic N) is 2. The van der Waals surface area contributed by atoms with Gasteiger partial charge in [-0.2, -0.15) is 0 Å². The summed E-state index contributed by atoms with van der Waals surface area (Å²) in [6.07, 6.45) is 2.85. The van der Waals surface area contributed by atoms with Gasteiger partial charge in [-0.05, 0) is 39.0 Å². The van der Waals surface area contributed by atoms with Gasteiger partial charge in [0.05, 0.1) is 5.56 Å². The molecule has 0 aliphatic heterocycles. The largest absolute Gasteiger partial charge is 0.347 e. The first-order valence-electron chi connectivity index (χ1n) is 6.51. The molecule has 2 rings (SSSR count). The number of carbonyl (C=O) groups excluding carboxylic acids is 1. The van der Waals surface area contributed by atoms with Crippen LogP contribution in [0.15, 0.2) is 36.7 Å². The maximum atomic E-state index is 13.1. The number of anilines is 2. The van der Waals surface area contributed by atoms with Gasteiger partial charge in [0, 0.05) is 23.6 Å². The molecule has 1 amide bonds. The Hall–Kier alpha value is -2.50. The second-order valence-corrected chi connectivity index (χ2v) is 5.63. The molecule has 5 nitrogen and oxygen atoms in total. The molecule has 0 spiro atoms. The molecule has 1 aromatic carbocycles. The molecule has 2 aromatic rings. The summed E-state index contributed by atoms with van der Waals surface area (Å²) in [6.45, 7) is 5.68. The smallest absolute Gasteiger partial charge is 0.254 e. The average Bonchev–Trinajstić information content (AvgIpc) is 2.37. The fraction of sp³-hybridized carbons (Fsp3) is 0.267. The van der Waals surface area contributed by atoms with E-state index in [1.54, 1.807) is 12.1 Å². The van der Waals surface area contributed by atoms with Crippen molar-refractivity contribution in [1.82, 2.24) is 15.3 Å². The van der Waals surface area contributed by atoms with Crippen LogP contribution in [-0.2, 0) is 0 Å². The molecule has 6 heteroatoms. The van der Waals surface area contributed by atoms with Crippen LogP contribution in [0, 0.1) is 5.82 Å². The average molecular weight is 288 g/mol. The molecule has 1 heterocycles. The maximum absolute atomic E-state index is 13.1. The fourth-order valence-corrected chi connectivity index (χ4v) is 1.62. The molecular formula is C15H17FN4O. The van der Waals surface area contributed by atoms with Gasteiger partial charge in [-0.3, -0.25) is 4.79 Å². The van der Waals surface area contributed by atoms with Gasteiger partial charge in [0.25, 0.3) is 5.91 Å². The zero-order valence-electron chi connectivity index (χ0n) is 12.1. The van der Waals surface area contributed by atoms with Gasteiger partial charge < -0.3 is 10.6 Å². The number of amides is 1. The van der Waals surface area contributed by atoms with Crippen molar-refractivity contribution in [2.75, 3.05) is 5.32 Å². The molecule has 0 atom stereocenters. The Bertz CT molecular complexity index is 635. The summed E-state index contributed by atoms with van der Waals surface area (Å²) in [7, 11) is 0. The highest BCUT2D eigenvalue weighted by Crippen LogP contribution is 2.13. The first-order valence-corrected chi connectivity index (χ1v) is 6.51. The molecule has 0 saturated carbocycles. The number of benzene rings is 1. The third-order valence-electron chi connectivity index (χ3n) is 2.48. The molecular weight excluding hydrogens is 271 g/mol. The zero-order chi connectivity index (χ0) is 15.5. The highest BCUT2D eigenvalue weighted by atomic mass is 19.1. The summed E-state index contributed by atoms with van der Waals surface area (Å²) in [4.78, 5) is 20.0. The van der Waals surface area contributed by atoms with Crippen LogP contribution in [0.25, 0.3) is 0 Å². The SMILES string of the molecule is CC(C)(C)NC(=O)c1cnc(Nc2cccc(F)c2)nc1. The Balaban J connectivity index is 2.07. The van der Waals surface area contributed by atoms with Crippen LogP contribution in [0.4, 0.5) is 16.0 Å². The van der Waals surface area contributed by atoms with E-state index in [1.165, 1.54) is 24.5 Å². The van der Waals surface area contributed by atoms with Crippen molar-refractivity contribution in [3.63, 3.8) is 0 Å². The number of carbonyl (C=O) groups is 1. The van der Waals surface area contributed by atoms with E-state index in [-0.39, 0.29) is 17.3 Å². The number of halogens is 1. The molecule has 1 aromatic heterocycles. The summed E-state index contributed by atoms with van der Waals surface area (Å²) >= 11 is 0. The highest BCUT2D eigenvalue weighted by molar-refractivity contribution is 5.94. The molecule has 110 valence electrons. The van der Waals surface area contributed by atoms with E-state index >= 15 is 0 Å². The van der Waals surface area contributed by atoms with Crippen LogP contribution in [-0.4, -0.2) is 21.4 Å². The summed E-state index contributed by atoms with van der Waals surface area (Å²) in [5.74, 6) is -0.283. The number of nitrogens with one attached hydrogen (secondary N) is 2. The number of hydrogen-bond acceptors (Lipinski definition) is 4. The minimum absolute atomic E-state index is 0.236. The van der Waals surface area contributed by atoms with Gasteiger partial charge in [0.1, 0.15) is 5.82 Å². The van der Waals surface area contributed by atoms with Crippen molar-refractivity contribution >= 4 is 17.5 Å². The Labute approximate surface area is 122 Å². The van der Waals surface area contributed by atoms with Crippen LogP contribution in [0.2, 0.25) is 0 Å². The van der Waals surface area contributed by atoms with E-state index < -0.39 is 0 Å². The third-order valence-corrected chi connectivity index (χ3v) is 2.48. The molecule has 21 heavy (non-hydrogen) atoms. The van der Waals surface area contributed by atoms with Crippen molar-refractivity contribution in [3.05, 3.63) is 48.0 Å².